The lowest BCUT2D eigenvalue weighted by molar-refractivity contribution is 0.0594. The average Bonchev–Trinajstić information content (AvgIpc) is 2.90. The fraction of sp³-hybridized carbons (Fsp3) is 0.214. The number of piperidine rings is 1. The molecule has 0 unspecified atom stereocenters. The number of hydrogen-bond acceptors (Lipinski definition) is 4. The van der Waals surface area contributed by atoms with Gasteiger partial charge in [0.05, 0.1) is 0 Å². The monoisotopic (exact) mass is 464 g/mol. The van der Waals surface area contributed by atoms with Crippen molar-refractivity contribution in [2.24, 2.45) is 5.92 Å². The Morgan fingerprint density at radius 1 is 0.857 bits per heavy atom. The van der Waals surface area contributed by atoms with Gasteiger partial charge in [-0.25, -0.2) is 0 Å². The van der Waals surface area contributed by atoms with E-state index in [-0.39, 0.29) is 34.9 Å². The first-order valence-corrected chi connectivity index (χ1v) is 11.8. The molecule has 0 radical (unpaired) electrons. The summed E-state index contributed by atoms with van der Waals surface area (Å²) in [6.07, 6.45) is 4.03. The van der Waals surface area contributed by atoms with Gasteiger partial charge in [-0.15, -0.1) is 0 Å². The third-order valence-electron chi connectivity index (χ3n) is 7.08. The zero-order chi connectivity index (χ0) is 23.9. The van der Waals surface area contributed by atoms with Gasteiger partial charge in [0.15, 0.2) is 0 Å². The van der Waals surface area contributed by atoms with Crippen molar-refractivity contribution in [1.82, 2.24) is 14.5 Å². The molecular weight excluding hydrogens is 440 g/mol. The molecule has 0 aliphatic carbocycles. The maximum atomic E-state index is 13.4. The van der Waals surface area contributed by atoms with Crippen LogP contribution in [0.1, 0.15) is 38.7 Å². The van der Waals surface area contributed by atoms with Crippen molar-refractivity contribution in [2.45, 2.75) is 18.9 Å². The molecule has 6 rings (SSSR count). The molecule has 2 atom stereocenters. The minimum Gasteiger partial charge on any atom is -0.338 e. The van der Waals surface area contributed by atoms with Crippen molar-refractivity contribution in [2.75, 3.05) is 18.4 Å². The first-order chi connectivity index (χ1) is 17.1. The third-order valence-corrected chi connectivity index (χ3v) is 7.08. The van der Waals surface area contributed by atoms with Crippen molar-refractivity contribution < 1.29 is 9.59 Å². The molecule has 2 aliphatic heterocycles. The maximum absolute atomic E-state index is 13.4. The van der Waals surface area contributed by atoms with Crippen LogP contribution in [0.15, 0.2) is 83.9 Å². The fourth-order valence-electron chi connectivity index (χ4n) is 5.41. The van der Waals surface area contributed by atoms with Crippen LogP contribution in [0.4, 0.5) is 5.69 Å². The SMILES string of the molecule is O=C(Nc1ccc2n(c1=O)C[C@H]1C[C@@H]2CN(C(=O)c2ccc3ccccc3c2)C1)c1ccncc1. The number of rotatable bonds is 3. The zero-order valence-electron chi connectivity index (χ0n) is 19.1. The lowest BCUT2D eigenvalue weighted by Gasteiger charge is -2.43. The molecule has 4 heterocycles. The summed E-state index contributed by atoms with van der Waals surface area (Å²) in [6, 6.07) is 20.7. The van der Waals surface area contributed by atoms with Crippen molar-refractivity contribution in [3.8, 4) is 0 Å². The second-order valence-corrected chi connectivity index (χ2v) is 9.35. The summed E-state index contributed by atoms with van der Waals surface area (Å²) in [5.74, 6) is -0.0326. The number of carbonyl (C=O) groups is 2. The second-order valence-electron chi connectivity index (χ2n) is 9.35. The van der Waals surface area contributed by atoms with E-state index in [1.807, 2.05) is 53.4 Å². The Morgan fingerprint density at radius 3 is 2.49 bits per heavy atom. The van der Waals surface area contributed by atoms with E-state index in [0.29, 0.717) is 30.8 Å². The van der Waals surface area contributed by atoms with E-state index in [4.69, 9.17) is 0 Å². The lowest BCUT2D eigenvalue weighted by Crippen LogP contribution is -2.49. The Hall–Kier alpha value is -4.26. The Kier molecular flexibility index (Phi) is 5.17. The number of amides is 2. The van der Waals surface area contributed by atoms with E-state index in [2.05, 4.69) is 10.3 Å². The van der Waals surface area contributed by atoms with E-state index in [0.717, 1.165) is 22.9 Å². The molecule has 2 amide bonds. The van der Waals surface area contributed by atoms with Crippen LogP contribution in [0.3, 0.4) is 0 Å². The Morgan fingerprint density at radius 2 is 1.66 bits per heavy atom. The number of pyridine rings is 2. The highest BCUT2D eigenvalue weighted by Gasteiger charge is 2.37. The molecule has 0 saturated carbocycles. The molecule has 2 bridgehead atoms. The first-order valence-electron chi connectivity index (χ1n) is 11.8. The van der Waals surface area contributed by atoms with E-state index in [1.54, 1.807) is 35.2 Å². The molecule has 1 N–H and O–H groups in total. The van der Waals surface area contributed by atoms with Gasteiger partial charge >= 0.3 is 0 Å². The number of hydrogen-bond donors (Lipinski definition) is 1. The number of carbonyl (C=O) groups excluding carboxylic acids is 2. The first kappa shape index (κ1) is 21.3. The van der Waals surface area contributed by atoms with Crippen LogP contribution < -0.4 is 10.9 Å². The number of nitrogens with one attached hydrogen (secondary N) is 1. The molecular formula is C28H24N4O3. The molecule has 35 heavy (non-hydrogen) atoms. The van der Waals surface area contributed by atoms with Crippen molar-refractivity contribution >= 4 is 28.3 Å². The standard InChI is InChI=1S/C28H24N4O3/c33-26(20-9-11-29-12-10-20)30-24-7-8-25-23-13-18(16-32(25)28(24)35)15-31(17-23)27(34)22-6-5-19-3-1-2-4-21(19)14-22/h1-12,14,18,23H,13,15-17H2,(H,30,33)/t18-,23+/m0/s1. The summed E-state index contributed by atoms with van der Waals surface area (Å²) in [4.78, 5) is 45.0. The predicted octanol–water partition coefficient (Wildman–Crippen LogP) is 3.91. The zero-order valence-corrected chi connectivity index (χ0v) is 19.1. The summed E-state index contributed by atoms with van der Waals surface area (Å²) in [5, 5.41) is 4.90. The van der Waals surface area contributed by atoms with Gasteiger partial charge in [-0.1, -0.05) is 30.3 Å². The number of anilines is 1. The van der Waals surface area contributed by atoms with E-state index < -0.39 is 0 Å². The molecule has 2 aromatic heterocycles. The van der Waals surface area contributed by atoms with Gasteiger partial charge in [0, 0.05) is 54.8 Å². The van der Waals surface area contributed by atoms with E-state index in [9.17, 15) is 14.4 Å². The number of nitrogens with zero attached hydrogens (tertiary/aromatic N) is 3. The van der Waals surface area contributed by atoms with Gasteiger partial charge in [-0.05, 0) is 59.5 Å². The molecule has 174 valence electrons. The highest BCUT2D eigenvalue weighted by Crippen LogP contribution is 2.36. The Balaban J connectivity index is 1.24. The predicted molar refractivity (Wildman–Crippen MR) is 134 cm³/mol. The molecule has 0 spiro atoms. The van der Waals surface area contributed by atoms with Crippen LogP contribution in [0, 0.1) is 5.92 Å². The summed E-state index contributed by atoms with van der Waals surface area (Å²) in [6.45, 7) is 1.72. The highest BCUT2D eigenvalue weighted by atomic mass is 16.2. The number of fused-ring (bicyclic) bond motifs is 5. The molecule has 1 saturated heterocycles. The largest absolute Gasteiger partial charge is 0.338 e. The van der Waals surface area contributed by atoms with Gasteiger partial charge in [0.25, 0.3) is 17.4 Å². The van der Waals surface area contributed by atoms with Gasteiger partial charge in [0.1, 0.15) is 5.69 Å². The normalized spacial score (nSPS) is 18.7. The van der Waals surface area contributed by atoms with Crippen molar-refractivity contribution in [3.63, 3.8) is 0 Å². The van der Waals surface area contributed by atoms with Crippen LogP contribution in [0.5, 0.6) is 0 Å². The average molecular weight is 465 g/mol. The minimum atomic E-state index is -0.340. The van der Waals surface area contributed by atoms with Gasteiger partial charge in [-0.2, -0.15) is 0 Å². The Labute approximate surface area is 202 Å². The summed E-state index contributed by atoms with van der Waals surface area (Å²) in [7, 11) is 0. The Bertz CT molecular complexity index is 1510. The number of likely N-dealkylation sites (tertiary alicyclic amines) is 1. The molecule has 2 aromatic carbocycles. The maximum Gasteiger partial charge on any atom is 0.274 e. The second kappa shape index (κ2) is 8.51. The quantitative estimate of drug-likeness (QED) is 0.498. The van der Waals surface area contributed by atoms with E-state index in [1.165, 1.54) is 0 Å². The molecule has 1 fully saturated rings. The van der Waals surface area contributed by atoms with Crippen LogP contribution in [0.2, 0.25) is 0 Å². The summed E-state index contributed by atoms with van der Waals surface area (Å²) >= 11 is 0. The van der Waals surface area contributed by atoms with Crippen molar-refractivity contribution in [1.29, 1.82) is 0 Å². The summed E-state index contributed by atoms with van der Waals surface area (Å²) in [5.41, 5.74) is 2.12. The number of benzene rings is 2. The van der Waals surface area contributed by atoms with Crippen LogP contribution >= 0.6 is 0 Å². The smallest absolute Gasteiger partial charge is 0.274 e. The van der Waals surface area contributed by atoms with Crippen LogP contribution in [-0.4, -0.2) is 39.4 Å². The molecule has 4 aromatic rings. The minimum absolute atomic E-state index is 0.0301. The van der Waals surface area contributed by atoms with Gasteiger partial charge in [0.2, 0.25) is 0 Å². The molecule has 2 aliphatic rings. The fourth-order valence-corrected chi connectivity index (χ4v) is 5.41. The van der Waals surface area contributed by atoms with Gasteiger partial charge in [-0.3, -0.25) is 19.4 Å². The highest BCUT2D eigenvalue weighted by molar-refractivity contribution is 6.04. The lowest BCUT2D eigenvalue weighted by atomic mass is 9.83. The number of aromatic nitrogens is 2. The topological polar surface area (TPSA) is 84.3 Å². The summed E-state index contributed by atoms with van der Waals surface area (Å²) < 4.78 is 1.78. The third kappa shape index (κ3) is 3.89. The molecule has 7 nitrogen and oxygen atoms in total. The van der Waals surface area contributed by atoms with Gasteiger partial charge < -0.3 is 14.8 Å². The van der Waals surface area contributed by atoms with Crippen molar-refractivity contribution in [3.05, 3.63) is 106 Å². The van der Waals surface area contributed by atoms with Crippen LogP contribution in [-0.2, 0) is 6.54 Å². The van der Waals surface area contributed by atoms with Crippen LogP contribution in [0.25, 0.3) is 10.8 Å². The molecule has 7 heteroatoms. The van der Waals surface area contributed by atoms with E-state index >= 15 is 0 Å².